The molecule has 2 fully saturated rings. The number of hydrogen-bond donors (Lipinski definition) is 2. The number of likely N-dealkylation sites (N-methyl/N-ethyl adjacent to an activating group) is 1. The molecule has 0 radical (unpaired) electrons. The van der Waals surface area contributed by atoms with Crippen molar-refractivity contribution in [2.45, 2.75) is 44.4 Å². The molecule has 0 aliphatic carbocycles. The quantitative estimate of drug-likeness (QED) is 0.217. The van der Waals surface area contributed by atoms with E-state index in [0.717, 1.165) is 6.41 Å². The highest BCUT2D eigenvalue weighted by molar-refractivity contribution is 5.95. The number of alkyl halides is 3. The third kappa shape index (κ3) is 7.17. The first kappa shape index (κ1) is 34.8. The van der Waals surface area contributed by atoms with Gasteiger partial charge < -0.3 is 25.1 Å². The molecule has 3 amide bonds. The Labute approximate surface area is 265 Å². The van der Waals surface area contributed by atoms with Crippen molar-refractivity contribution in [3.05, 3.63) is 65.0 Å². The van der Waals surface area contributed by atoms with E-state index in [9.17, 15) is 41.8 Å². The lowest BCUT2D eigenvalue weighted by Crippen LogP contribution is -2.65. The average molecular weight is 651 g/mol. The number of benzene rings is 2. The molecule has 1 spiro atoms. The fourth-order valence-electron chi connectivity index (χ4n) is 6.19. The molecule has 14 heteroatoms. The zero-order valence-electron chi connectivity index (χ0n) is 26.3. The number of carboxylic acid groups (broad SMARTS) is 1. The monoisotopic (exact) mass is 650 g/mol. The number of nitrogens with zero attached hydrogens (tertiary/aromatic N) is 4. The van der Waals surface area contributed by atoms with Crippen molar-refractivity contribution in [2.24, 2.45) is 5.92 Å². The molecule has 1 atom stereocenters. The van der Waals surface area contributed by atoms with Gasteiger partial charge in [-0.15, -0.1) is 0 Å². The first-order valence-corrected chi connectivity index (χ1v) is 15.1. The van der Waals surface area contributed by atoms with Gasteiger partial charge in [-0.2, -0.15) is 13.2 Å². The summed E-state index contributed by atoms with van der Waals surface area (Å²) in [6.45, 7) is 5.51. The molecule has 2 aromatic carbocycles. The van der Waals surface area contributed by atoms with E-state index in [1.807, 2.05) is 23.9 Å². The summed E-state index contributed by atoms with van der Waals surface area (Å²) in [5.74, 6) is -3.53. The molecule has 0 saturated carbocycles. The number of aromatic carboxylic acids is 1. The number of nitrogens with one attached hydrogen (secondary N) is 1. The molecule has 4 rings (SSSR count). The Morgan fingerprint density at radius 2 is 1.74 bits per heavy atom. The van der Waals surface area contributed by atoms with Crippen LogP contribution in [0.3, 0.4) is 0 Å². The Morgan fingerprint density at radius 3 is 2.26 bits per heavy atom. The molecular formula is C32H40F4N5O5+. The zero-order chi connectivity index (χ0) is 34.0. The van der Waals surface area contributed by atoms with Gasteiger partial charge in [0.1, 0.15) is 17.9 Å². The minimum absolute atomic E-state index is 0.0888. The third-order valence-electron chi connectivity index (χ3n) is 9.14. The van der Waals surface area contributed by atoms with E-state index < -0.39 is 46.6 Å². The van der Waals surface area contributed by atoms with Gasteiger partial charge in [-0.1, -0.05) is 13.8 Å². The highest BCUT2D eigenvalue weighted by atomic mass is 19.4. The first-order valence-electron chi connectivity index (χ1n) is 15.1. The fraction of sp³-hybridized carbons (Fsp3) is 0.500. The van der Waals surface area contributed by atoms with Gasteiger partial charge >= 0.3 is 18.6 Å². The minimum atomic E-state index is -4.76. The summed E-state index contributed by atoms with van der Waals surface area (Å²) in [4.78, 5) is 56.9. The summed E-state index contributed by atoms with van der Waals surface area (Å²) >= 11 is 0. The number of carboxylic acids is 1. The number of likely N-dealkylation sites (tertiary alicyclic amines) is 1. The van der Waals surface area contributed by atoms with Gasteiger partial charge in [0.05, 0.1) is 42.5 Å². The van der Waals surface area contributed by atoms with E-state index in [1.165, 1.54) is 12.1 Å². The second-order valence-electron chi connectivity index (χ2n) is 12.8. The smallest absolute Gasteiger partial charge is 0.416 e. The fourth-order valence-corrected chi connectivity index (χ4v) is 6.19. The van der Waals surface area contributed by atoms with Crippen molar-refractivity contribution in [1.29, 1.82) is 0 Å². The van der Waals surface area contributed by atoms with Gasteiger partial charge in [-0.25, -0.2) is 14.0 Å². The van der Waals surface area contributed by atoms with E-state index in [4.69, 9.17) is 0 Å². The summed E-state index contributed by atoms with van der Waals surface area (Å²) in [5.41, 5.74) is -2.10. The number of rotatable bonds is 11. The van der Waals surface area contributed by atoms with Crippen molar-refractivity contribution in [3.63, 3.8) is 0 Å². The van der Waals surface area contributed by atoms with E-state index in [0.29, 0.717) is 37.0 Å². The van der Waals surface area contributed by atoms with Crippen molar-refractivity contribution in [2.75, 3.05) is 58.4 Å². The molecule has 2 aliphatic heterocycles. The Kier molecular flexibility index (Phi) is 10.1. The lowest BCUT2D eigenvalue weighted by molar-refractivity contribution is -0.853. The van der Waals surface area contributed by atoms with Crippen molar-refractivity contribution >= 4 is 29.9 Å². The van der Waals surface area contributed by atoms with Crippen LogP contribution in [0.25, 0.3) is 0 Å². The van der Waals surface area contributed by atoms with Gasteiger partial charge in [-0.05, 0) is 62.5 Å². The number of piperidine rings is 1. The van der Waals surface area contributed by atoms with Crippen LogP contribution in [0.2, 0.25) is 0 Å². The van der Waals surface area contributed by atoms with Crippen LogP contribution >= 0.6 is 0 Å². The second kappa shape index (κ2) is 13.4. The van der Waals surface area contributed by atoms with Crippen molar-refractivity contribution in [3.8, 4) is 0 Å². The molecule has 0 aromatic heterocycles. The van der Waals surface area contributed by atoms with Gasteiger partial charge in [0, 0.05) is 31.6 Å². The van der Waals surface area contributed by atoms with E-state index >= 15 is 0 Å². The molecule has 1 unspecified atom stereocenters. The van der Waals surface area contributed by atoms with Crippen LogP contribution in [0.1, 0.15) is 53.0 Å². The molecule has 2 N–H and O–H groups in total. The standard InChI is InChI=1S/C32H39F4N5O5/c1-21(2)27(37-28(43)25-17-23(32(34,35)36)7-10-26(25)33)18-41(20-42)15-11-31(12-16-41)30(46)39(14-13-38(3)4)19-40(31)24-8-5-22(6-9-24)29(44)45/h5-10,17,20-21,27H,11-16,18-19H2,1-4H3,(H-,37,43,44,45)/p+1. The van der Waals surface area contributed by atoms with Crippen LogP contribution < -0.4 is 10.2 Å². The van der Waals surface area contributed by atoms with Crippen LogP contribution in [0.5, 0.6) is 0 Å². The number of anilines is 1. The number of hydrogen-bond acceptors (Lipinski definition) is 6. The van der Waals surface area contributed by atoms with Gasteiger partial charge in [0.2, 0.25) is 5.91 Å². The van der Waals surface area contributed by atoms with Gasteiger partial charge in [0.15, 0.2) is 0 Å². The van der Waals surface area contributed by atoms with Crippen LogP contribution in [0, 0.1) is 11.7 Å². The summed E-state index contributed by atoms with van der Waals surface area (Å²) in [6, 6.07) is 7.25. The number of halogens is 4. The Bertz CT molecular complexity index is 1460. The van der Waals surface area contributed by atoms with Crippen molar-refractivity contribution in [1.82, 2.24) is 15.1 Å². The minimum Gasteiger partial charge on any atom is -0.478 e. The lowest BCUT2D eigenvalue weighted by Gasteiger charge is -2.47. The Morgan fingerprint density at radius 1 is 1.11 bits per heavy atom. The van der Waals surface area contributed by atoms with E-state index in [2.05, 4.69) is 5.32 Å². The maximum Gasteiger partial charge on any atom is 0.416 e. The molecule has 250 valence electrons. The Hall–Kier alpha value is -4.04. The summed E-state index contributed by atoms with van der Waals surface area (Å²) in [6.07, 6.45) is -3.42. The highest BCUT2D eigenvalue weighted by Gasteiger charge is 2.57. The van der Waals surface area contributed by atoms with Gasteiger partial charge in [-0.3, -0.25) is 14.1 Å². The number of quaternary nitrogens is 1. The molecule has 2 saturated heterocycles. The lowest BCUT2D eigenvalue weighted by atomic mass is 9.83. The normalized spacial score (nSPS) is 22.5. The number of carbonyl (C=O) groups excluding carboxylic acids is 3. The highest BCUT2D eigenvalue weighted by Crippen LogP contribution is 2.41. The summed E-state index contributed by atoms with van der Waals surface area (Å²) in [7, 11) is 3.81. The predicted octanol–water partition coefficient (Wildman–Crippen LogP) is 3.67. The Balaban J connectivity index is 1.57. The van der Waals surface area contributed by atoms with Gasteiger partial charge in [0.25, 0.3) is 5.91 Å². The molecular weight excluding hydrogens is 610 g/mol. The molecule has 2 aromatic rings. The topological polar surface area (TPSA) is 110 Å². The van der Waals surface area contributed by atoms with E-state index in [-0.39, 0.29) is 61.0 Å². The molecule has 2 aliphatic rings. The molecule has 10 nitrogen and oxygen atoms in total. The maximum absolute atomic E-state index is 14.5. The van der Waals surface area contributed by atoms with Crippen LogP contribution in [-0.2, 0) is 15.8 Å². The first-order chi connectivity index (χ1) is 21.5. The molecule has 2 heterocycles. The van der Waals surface area contributed by atoms with Crippen LogP contribution in [-0.4, -0.2) is 109 Å². The van der Waals surface area contributed by atoms with E-state index in [1.54, 1.807) is 30.9 Å². The average Bonchev–Trinajstić information content (AvgIpc) is 3.27. The van der Waals surface area contributed by atoms with Crippen LogP contribution in [0.4, 0.5) is 23.2 Å². The maximum atomic E-state index is 14.5. The second-order valence-corrected chi connectivity index (χ2v) is 12.8. The predicted molar refractivity (Wildman–Crippen MR) is 161 cm³/mol. The van der Waals surface area contributed by atoms with Crippen molar-refractivity contribution < 1.29 is 46.3 Å². The number of amides is 3. The number of carbonyl (C=O) groups is 4. The third-order valence-corrected chi connectivity index (χ3v) is 9.14. The summed E-state index contributed by atoms with van der Waals surface area (Å²) < 4.78 is 54.1. The molecule has 46 heavy (non-hydrogen) atoms. The summed E-state index contributed by atoms with van der Waals surface area (Å²) in [5, 5.41) is 12.0. The van der Waals surface area contributed by atoms with Crippen LogP contribution in [0.15, 0.2) is 42.5 Å². The zero-order valence-corrected chi connectivity index (χ0v) is 26.3. The molecule has 0 bridgehead atoms. The largest absolute Gasteiger partial charge is 0.478 e. The SMILES string of the molecule is CC(C)C(C[N+]1(C=O)CCC2(CC1)C(=O)N(CCN(C)C)CN2c1ccc(C(=O)O)cc1)NC(=O)c1cc(C(F)(F)F)ccc1F.